The standard InChI is InChI=1S/C13H16F2N2OS/c14-13(15)19-11-4-2-1-3-10(11)17-12(18)8-5-6-9(16)7-8/h1-4,8-9,13H,5-7,16H2,(H,17,18). The molecule has 0 heterocycles. The van der Waals surface area contributed by atoms with E-state index in [4.69, 9.17) is 5.73 Å². The fourth-order valence-electron chi connectivity index (χ4n) is 2.26. The number of thioether (sulfide) groups is 1. The maximum atomic E-state index is 12.4. The first kappa shape index (κ1) is 14.3. The van der Waals surface area contributed by atoms with Crippen molar-refractivity contribution < 1.29 is 13.6 Å². The molecule has 1 saturated carbocycles. The molecule has 1 fully saturated rings. The largest absolute Gasteiger partial charge is 0.328 e. The second-order valence-corrected chi connectivity index (χ2v) is 5.67. The molecule has 6 heteroatoms. The molecule has 3 N–H and O–H groups in total. The van der Waals surface area contributed by atoms with Crippen LogP contribution in [-0.4, -0.2) is 17.7 Å². The van der Waals surface area contributed by atoms with E-state index in [1.54, 1.807) is 24.3 Å². The van der Waals surface area contributed by atoms with Gasteiger partial charge in [0.05, 0.1) is 5.69 Å². The average Bonchev–Trinajstić information content (AvgIpc) is 2.78. The average molecular weight is 286 g/mol. The molecule has 1 aromatic rings. The summed E-state index contributed by atoms with van der Waals surface area (Å²) >= 11 is 0.437. The molecule has 1 aromatic carbocycles. The summed E-state index contributed by atoms with van der Waals surface area (Å²) in [5, 5.41) is 2.73. The summed E-state index contributed by atoms with van der Waals surface area (Å²) in [6.07, 6.45) is 2.26. The zero-order valence-corrected chi connectivity index (χ0v) is 11.1. The third-order valence-electron chi connectivity index (χ3n) is 3.20. The van der Waals surface area contributed by atoms with Gasteiger partial charge in [0.1, 0.15) is 0 Å². The number of carbonyl (C=O) groups excluding carboxylic acids is 1. The number of nitrogens with one attached hydrogen (secondary N) is 1. The lowest BCUT2D eigenvalue weighted by atomic mass is 10.1. The molecule has 2 atom stereocenters. The number of alkyl halides is 2. The molecule has 2 rings (SSSR count). The van der Waals surface area contributed by atoms with E-state index in [2.05, 4.69) is 5.32 Å². The van der Waals surface area contributed by atoms with Gasteiger partial charge in [-0.1, -0.05) is 23.9 Å². The smallest absolute Gasteiger partial charge is 0.288 e. The third kappa shape index (κ3) is 3.91. The van der Waals surface area contributed by atoms with Gasteiger partial charge in [-0.2, -0.15) is 8.78 Å². The first-order valence-corrected chi connectivity index (χ1v) is 7.04. The van der Waals surface area contributed by atoms with Crippen LogP contribution in [0.5, 0.6) is 0 Å². The van der Waals surface area contributed by atoms with Crippen LogP contribution < -0.4 is 11.1 Å². The van der Waals surface area contributed by atoms with Crippen molar-refractivity contribution in [3.05, 3.63) is 24.3 Å². The van der Waals surface area contributed by atoms with Crippen molar-refractivity contribution in [2.75, 3.05) is 5.32 Å². The molecular formula is C13H16F2N2OS. The second-order valence-electron chi connectivity index (χ2n) is 4.63. The van der Waals surface area contributed by atoms with E-state index in [0.29, 0.717) is 28.8 Å². The van der Waals surface area contributed by atoms with E-state index in [0.717, 1.165) is 12.8 Å². The number of rotatable bonds is 4. The van der Waals surface area contributed by atoms with Gasteiger partial charge in [0, 0.05) is 16.9 Å². The van der Waals surface area contributed by atoms with Crippen LogP contribution in [0.3, 0.4) is 0 Å². The molecule has 1 aliphatic rings. The predicted molar refractivity (Wildman–Crippen MR) is 72.2 cm³/mol. The Morgan fingerprint density at radius 1 is 1.37 bits per heavy atom. The zero-order valence-electron chi connectivity index (χ0n) is 10.3. The minimum absolute atomic E-state index is 0.0708. The van der Waals surface area contributed by atoms with Crippen molar-refractivity contribution in [3.63, 3.8) is 0 Å². The van der Waals surface area contributed by atoms with E-state index in [1.807, 2.05) is 0 Å². The van der Waals surface area contributed by atoms with Gasteiger partial charge in [-0.3, -0.25) is 4.79 Å². The molecule has 0 aliphatic heterocycles. The fraction of sp³-hybridized carbons (Fsp3) is 0.462. The Bertz CT molecular complexity index is 456. The van der Waals surface area contributed by atoms with Crippen LogP contribution in [0.2, 0.25) is 0 Å². The SMILES string of the molecule is NC1CCC(C(=O)Nc2ccccc2SC(F)F)C1. The lowest BCUT2D eigenvalue weighted by Gasteiger charge is -2.13. The van der Waals surface area contributed by atoms with Crippen LogP contribution in [0, 0.1) is 5.92 Å². The molecule has 1 amide bonds. The van der Waals surface area contributed by atoms with Gasteiger partial charge in [0.2, 0.25) is 5.91 Å². The van der Waals surface area contributed by atoms with Crippen LogP contribution in [0.25, 0.3) is 0 Å². The van der Waals surface area contributed by atoms with E-state index in [9.17, 15) is 13.6 Å². The van der Waals surface area contributed by atoms with Crippen molar-refractivity contribution in [1.29, 1.82) is 0 Å². The second kappa shape index (κ2) is 6.34. The van der Waals surface area contributed by atoms with E-state index < -0.39 is 5.76 Å². The molecule has 0 spiro atoms. The van der Waals surface area contributed by atoms with Crippen molar-refractivity contribution in [2.45, 2.75) is 36.0 Å². The normalized spacial score (nSPS) is 22.7. The summed E-state index contributed by atoms with van der Waals surface area (Å²) in [6, 6.07) is 6.67. The predicted octanol–water partition coefficient (Wildman–Crippen LogP) is 3.07. The lowest BCUT2D eigenvalue weighted by Crippen LogP contribution is -2.23. The van der Waals surface area contributed by atoms with Crippen molar-refractivity contribution >= 4 is 23.4 Å². The highest BCUT2D eigenvalue weighted by molar-refractivity contribution is 7.99. The number of carbonyl (C=O) groups is 1. The topological polar surface area (TPSA) is 55.1 Å². The first-order valence-electron chi connectivity index (χ1n) is 6.16. The maximum absolute atomic E-state index is 12.4. The minimum Gasteiger partial charge on any atom is -0.328 e. The molecule has 0 bridgehead atoms. The summed E-state index contributed by atoms with van der Waals surface area (Å²) in [4.78, 5) is 12.4. The number of halogens is 2. The number of anilines is 1. The summed E-state index contributed by atoms with van der Waals surface area (Å²) in [7, 11) is 0. The third-order valence-corrected chi connectivity index (χ3v) is 3.99. The van der Waals surface area contributed by atoms with E-state index >= 15 is 0 Å². The Kier molecular flexibility index (Phi) is 4.76. The van der Waals surface area contributed by atoms with Crippen molar-refractivity contribution in [1.82, 2.24) is 0 Å². The number of hydrogen-bond donors (Lipinski definition) is 2. The molecular weight excluding hydrogens is 270 g/mol. The van der Waals surface area contributed by atoms with Crippen LogP contribution in [0.1, 0.15) is 19.3 Å². The minimum atomic E-state index is -2.50. The number of para-hydroxylation sites is 1. The van der Waals surface area contributed by atoms with Gasteiger partial charge >= 0.3 is 0 Å². The summed E-state index contributed by atoms with van der Waals surface area (Å²) < 4.78 is 24.8. The monoisotopic (exact) mass is 286 g/mol. The summed E-state index contributed by atoms with van der Waals surface area (Å²) in [5.41, 5.74) is 6.21. The van der Waals surface area contributed by atoms with Gasteiger partial charge in [0.15, 0.2) is 0 Å². The lowest BCUT2D eigenvalue weighted by molar-refractivity contribution is -0.119. The van der Waals surface area contributed by atoms with Crippen LogP contribution >= 0.6 is 11.8 Å². The van der Waals surface area contributed by atoms with Gasteiger partial charge in [0.25, 0.3) is 5.76 Å². The molecule has 2 unspecified atom stereocenters. The molecule has 3 nitrogen and oxygen atoms in total. The molecule has 0 radical (unpaired) electrons. The van der Waals surface area contributed by atoms with Crippen LogP contribution in [-0.2, 0) is 4.79 Å². The highest BCUT2D eigenvalue weighted by atomic mass is 32.2. The van der Waals surface area contributed by atoms with Crippen molar-refractivity contribution in [2.24, 2.45) is 11.7 Å². The Morgan fingerprint density at radius 2 is 2.11 bits per heavy atom. The zero-order chi connectivity index (χ0) is 13.8. The highest BCUT2D eigenvalue weighted by Crippen LogP contribution is 2.33. The number of nitrogens with two attached hydrogens (primary N) is 1. The molecule has 19 heavy (non-hydrogen) atoms. The Balaban J connectivity index is 2.04. The summed E-state index contributed by atoms with van der Waals surface area (Å²) in [5.74, 6) is -2.74. The quantitative estimate of drug-likeness (QED) is 0.836. The molecule has 0 saturated heterocycles. The Labute approximate surface area is 114 Å². The van der Waals surface area contributed by atoms with E-state index in [1.165, 1.54) is 0 Å². The number of hydrogen-bond acceptors (Lipinski definition) is 3. The van der Waals surface area contributed by atoms with Crippen LogP contribution in [0.4, 0.5) is 14.5 Å². The van der Waals surface area contributed by atoms with E-state index in [-0.39, 0.29) is 17.9 Å². The Hall–Kier alpha value is -1.14. The maximum Gasteiger partial charge on any atom is 0.288 e. The van der Waals surface area contributed by atoms with Crippen LogP contribution in [0.15, 0.2) is 29.2 Å². The molecule has 1 aliphatic carbocycles. The number of amides is 1. The first-order chi connectivity index (χ1) is 9.06. The fourth-order valence-corrected chi connectivity index (χ4v) is 2.85. The van der Waals surface area contributed by atoms with Crippen molar-refractivity contribution in [3.8, 4) is 0 Å². The van der Waals surface area contributed by atoms with Gasteiger partial charge in [-0.15, -0.1) is 0 Å². The summed E-state index contributed by atoms with van der Waals surface area (Å²) in [6.45, 7) is 0. The highest BCUT2D eigenvalue weighted by Gasteiger charge is 2.28. The molecule has 104 valence electrons. The van der Waals surface area contributed by atoms with Gasteiger partial charge < -0.3 is 11.1 Å². The molecule has 0 aromatic heterocycles. The van der Waals surface area contributed by atoms with Gasteiger partial charge in [-0.05, 0) is 31.4 Å². The van der Waals surface area contributed by atoms with Gasteiger partial charge in [-0.25, -0.2) is 0 Å². The Morgan fingerprint density at radius 3 is 2.74 bits per heavy atom. The number of benzene rings is 1.